The van der Waals surface area contributed by atoms with Crippen molar-refractivity contribution in [3.63, 3.8) is 0 Å². The first-order chi connectivity index (χ1) is 15.9. The number of anilines is 1. The number of amides is 1. The Morgan fingerprint density at radius 1 is 1.06 bits per heavy atom. The van der Waals surface area contributed by atoms with Crippen molar-refractivity contribution in [1.29, 1.82) is 0 Å². The molecular formula is C28H28FN3O. The van der Waals surface area contributed by atoms with Gasteiger partial charge in [0.1, 0.15) is 5.82 Å². The molecule has 0 saturated heterocycles. The third-order valence-electron chi connectivity index (χ3n) is 5.95. The third kappa shape index (κ3) is 4.59. The molecule has 0 radical (unpaired) electrons. The van der Waals surface area contributed by atoms with Crippen molar-refractivity contribution in [2.24, 2.45) is 0 Å². The van der Waals surface area contributed by atoms with Crippen molar-refractivity contribution < 1.29 is 9.18 Å². The summed E-state index contributed by atoms with van der Waals surface area (Å²) in [6, 6.07) is 20.5. The molecule has 0 fully saturated rings. The van der Waals surface area contributed by atoms with Gasteiger partial charge in [0.15, 0.2) is 0 Å². The molecule has 5 heteroatoms. The number of carbonyl (C=O) groups excluding carboxylic acids is 1. The fourth-order valence-corrected chi connectivity index (χ4v) is 4.52. The van der Waals surface area contributed by atoms with E-state index in [-0.39, 0.29) is 23.7 Å². The molecule has 0 aromatic heterocycles. The van der Waals surface area contributed by atoms with Crippen molar-refractivity contribution in [1.82, 2.24) is 10.2 Å². The summed E-state index contributed by atoms with van der Waals surface area (Å²) in [7, 11) is 4.09. The van der Waals surface area contributed by atoms with E-state index in [9.17, 15) is 9.18 Å². The second-order valence-electron chi connectivity index (χ2n) is 8.56. The summed E-state index contributed by atoms with van der Waals surface area (Å²) < 4.78 is 13.7. The van der Waals surface area contributed by atoms with Crippen LogP contribution in [0.5, 0.6) is 0 Å². The zero-order chi connectivity index (χ0) is 23.5. The van der Waals surface area contributed by atoms with Gasteiger partial charge in [0.05, 0.1) is 6.04 Å². The standard InChI is InChI=1S/C28H28FN3O/c1-5-30-28(33)23-7-6-8-24-26(23)18(2)25(20-13-15-22(29)16-14-20)27(31-24)21-11-9-19(10-12-21)17-32(3)4/h5-16,25,27,31H,1-2,17H2,3-4H3,(H,30,33). The highest BCUT2D eigenvalue weighted by atomic mass is 19.1. The van der Waals surface area contributed by atoms with E-state index >= 15 is 0 Å². The van der Waals surface area contributed by atoms with Crippen LogP contribution in [-0.2, 0) is 6.54 Å². The minimum atomic E-state index is -0.288. The Morgan fingerprint density at radius 2 is 1.73 bits per heavy atom. The average molecular weight is 442 g/mol. The van der Waals surface area contributed by atoms with E-state index < -0.39 is 0 Å². The van der Waals surface area contributed by atoms with Crippen LogP contribution < -0.4 is 10.6 Å². The molecule has 1 heterocycles. The van der Waals surface area contributed by atoms with Gasteiger partial charge in [0.25, 0.3) is 5.91 Å². The SMILES string of the molecule is C=CNC(=O)c1cccc2c1C(=C)C(c1ccc(F)cc1)C(c1ccc(CN(C)C)cc1)N2. The van der Waals surface area contributed by atoms with Crippen molar-refractivity contribution in [2.75, 3.05) is 19.4 Å². The van der Waals surface area contributed by atoms with Gasteiger partial charge in [0.2, 0.25) is 0 Å². The lowest BCUT2D eigenvalue weighted by molar-refractivity contribution is 0.0970. The number of rotatable bonds is 6. The molecule has 3 aromatic rings. The molecule has 0 saturated carbocycles. The zero-order valence-corrected chi connectivity index (χ0v) is 18.9. The maximum Gasteiger partial charge on any atom is 0.255 e. The van der Waals surface area contributed by atoms with Gasteiger partial charge in [-0.2, -0.15) is 0 Å². The number of hydrogen-bond acceptors (Lipinski definition) is 3. The molecule has 1 aliphatic rings. The summed E-state index contributed by atoms with van der Waals surface area (Å²) in [6.45, 7) is 8.88. The van der Waals surface area contributed by atoms with Gasteiger partial charge in [0, 0.05) is 29.3 Å². The largest absolute Gasteiger partial charge is 0.377 e. The van der Waals surface area contributed by atoms with E-state index in [0.717, 1.165) is 34.5 Å². The normalized spacial score (nSPS) is 17.3. The number of nitrogens with zero attached hydrogens (tertiary/aromatic N) is 1. The van der Waals surface area contributed by atoms with Gasteiger partial charge in [-0.3, -0.25) is 4.79 Å². The Bertz CT molecular complexity index is 1180. The molecule has 2 N–H and O–H groups in total. The number of carbonyl (C=O) groups is 1. The molecule has 1 amide bonds. The molecule has 2 atom stereocenters. The summed E-state index contributed by atoms with van der Waals surface area (Å²) in [5.74, 6) is -0.714. The van der Waals surface area contributed by atoms with Crippen LogP contribution >= 0.6 is 0 Å². The fourth-order valence-electron chi connectivity index (χ4n) is 4.52. The van der Waals surface area contributed by atoms with E-state index in [1.165, 1.54) is 23.9 Å². The van der Waals surface area contributed by atoms with Crippen molar-refractivity contribution in [3.05, 3.63) is 120 Å². The Morgan fingerprint density at radius 3 is 2.36 bits per heavy atom. The highest BCUT2D eigenvalue weighted by Crippen LogP contribution is 2.49. The van der Waals surface area contributed by atoms with E-state index in [2.05, 4.69) is 53.0 Å². The number of hydrogen-bond donors (Lipinski definition) is 2. The maximum absolute atomic E-state index is 13.7. The van der Waals surface area contributed by atoms with Crippen molar-refractivity contribution in [3.8, 4) is 0 Å². The van der Waals surface area contributed by atoms with Gasteiger partial charge in [-0.1, -0.05) is 55.6 Å². The Labute approximate surface area is 194 Å². The first-order valence-electron chi connectivity index (χ1n) is 10.9. The lowest BCUT2D eigenvalue weighted by Crippen LogP contribution is -2.28. The van der Waals surface area contributed by atoms with Crippen LogP contribution in [0.2, 0.25) is 0 Å². The first kappa shape index (κ1) is 22.5. The number of halogens is 1. The molecule has 0 spiro atoms. The Kier molecular flexibility index (Phi) is 6.43. The van der Waals surface area contributed by atoms with Gasteiger partial charge >= 0.3 is 0 Å². The molecule has 3 aromatic carbocycles. The predicted molar refractivity (Wildman–Crippen MR) is 132 cm³/mol. The minimum Gasteiger partial charge on any atom is -0.377 e. The van der Waals surface area contributed by atoms with Crippen LogP contribution in [-0.4, -0.2) is 24.9 Å². The highest BCUT2D eigenvalue weighted by Gasteiger charge is 2.35. The smallest absolute Gasteiger partial charge is 0.255 e. The molecule has 4 rings (SSSR count). The van der Waals surface area contributed by atoms with Crippen LogP contribution in [0, 0.1) is 5.82 Å². The number of nitrogens with one attached hydrogen (secondary N) is 2. The van der Waals surface area contributed by atoms with Crippen LogP contribution in [0.1, 0.15) is 44.6 Å². The monoisotopic (exact) mass is 441 g/mol. The number of fused-ring (bicyclic) bond motifs is 1. The van der Waals surface area contributed by atoms with Crippen LogP contribution in [0.3, 0.4) is 0 Å². The van der Waals surface area contributed by atoms with Gasteiger partial charge in [-0.25, -0.2) is 4.39 Å². The summed E-state index contributed by atoms with van der Waals surface area (Å²) in [5.41, 5.74) is 6.20. The molecule has 2 unspecified atom stereocenters. The van der Waals surface area contributed by atoms with E-state index in [0.29, 0.717) is 5.56 Å². The van der Waals surface area contributed by atoms with E-state index in [1.807, 2.05) is 26.2 Å². The van der Waals surface area contributed by atoms with Gasteiger partial charge < -0.3 is 15.5 Å². The molecule has 168 valence electrons. The summed E-state index contributed by atoms with van der Waals surface area (Å²) in [4.78, 5) is 14.9. The summed E-state index contributed by atoms with van der Waals surface area (Å²) in [5, 5.41) is 6.30. The van der Waals surface area contributed by atoms with Crippen molar-refractivity contribution >= 4 is 17.2 Å². The van der Waals surface area contributed by atoms with Crippen LogP contribution in [0.25, 0.3) is 5.57 Å². The Balaban J connectivity index is 1.82. The lowest BCUT2D eigenvalue weighted by Gasteiger charge is -2.38. The third-order valence-corrected chi connectivity index (χ3v) is 5.95. The topological polar surface area (TPSA) is 44.4 Å². The first-order valence-corrected chi connectivity index (χ1v) is 10.9. The summed E-state index contributed by atoms with van der Waals surface area (Å²) >= 11 is 0. The maximum atomic E-state index is 13.7. The molecule has 0 bridgehead atoms. The minimum absolute atomic E-state index is 0.124. The molecule has 4 nitrogen and oxygen atoms in total. The fraction of sp³-hybridized carbons (Fsp3) is 0.179. The molecule has 33 heavy (non-hydrogen) atoms. The zero-order valence-electron chi connectivity index (χ0n) is 18.9. The number of benzene rings is 3. The van der Waals surface area contributed by atoms with Crippen molar-refractivity contribution in [2.45, 2.75) is 18.5 Å². The van der Waals surface area contributed by atoms with Gasteiger partial charge in [-0.15, -0.1) is 0 Å². The van der Waals surface area contributed by atoms with E-state index in [4.69, 9.17) is 0 Å². The van der Waals surface area contributed by atoms with Gasteiger partial charge in [-0.05, 0) is 66.8 Å². The van der Waals surface area contributed by atoms with E-state index in [1.54, 1.807) is 18.2 Å². The average Bonchev–Trinajstić information content (AvgIpc) is 2.79. The van der Waals surface area contributed by atoms with Crippen LogP contribution in [0.15, 0.2) is 86.1 Å². The molecule has 0 aliphatic carbocycles. The lowest BCUT2D eigenvalue weighted by atomic mass is 9.75. The molecular weight excluding hydrogens is 413 g/mol. The quantitative estimate of drug-likeness (QED) is 0.514. The molecule has 1 aliphatic heterocycles. The Hall–Kier alpha value is -3.70. The second kappa shape index (κ2) is 9.43. The predicted octanol–water partition coefficient (Wildman–Crippen LogP) is 5.72. The summed E-state index contributed by atoms with van der Waals surface area (Å²) in [6.07, 6.45) is 1.37. The van der Waals surface area contributed by atoms with Crippen LogP contribution in [0.4, 0.5) is 10.1 Å². The highest BCUT2D eigenvalue weighted by molar-refractivity contribution is 6.03. The second-order valence-corrected chi connectivity index (χ2v) is 8.56.